The number of aryl methyl sites for hydroxylation is 2. The van der Waals surface area contributed by atoms with Crippen LogP contribution in [0.1, 0.15) is 59.5 Å². The number of nitrogens with zero attached hydrogens (tertiary/aromatic N) is 2. The first-order chi connectivity index (χ1) is 14.1. The van der Waals surface area contributed by atoms with Crippen LogP contribution in [-0.2, 0) is 47.8 Å². The summed E-state index contributed by atoms with van der Waals surface area (Å²) in [7, 11) is -3.63. The highest BCUT2D eigenvalue weighted by atomic mass is 32.2. The largest absolute Gasteiger partial charge is 0.390 e. The molecule has 1 heterocycles. The van der Waals surface area contributed by atoms with E-state index < -0.39 is 28.2 Å². The van der Waals surface area contributed by atoms with Crippen molar-refractivity contribution in [2.45, 2.75) is 68.9 Å². The Morgan fingerprint density at radius 1 is 1.27 bits per heavy atom. The molecule has 1 unspecified atom stereocenters. The first kappa shape index (κ1) is 21.4. The number of carbonyl (C=O) groups is 1. The van der Waals surface area contributed by atoms with Crippen LogP contribution in [0.2, 0.25) is 0 Å². The Morgan fingerprint density at radius 2 is 1.87 bits per heavy atom. The number of aliphatic hydroxyl groups is 2. The van der Waals surface area contributed by atoms with E-state index in [4.69, 9.17) is 5.14 Å². The van der Waals surface area contributed by atoms with Crippen LogP contribution in [0.5, 0.6) is 0 Å². The molecule has 1 aromatic carbocycles. The molecule has 0 bridgehead atoms. The molecule has 162 valence electrons. The molecule has 2 aromatic rings. The molecule has 8 nitrogen and oxygen atoms in total. The third-order valence-electron chi connectivity index (χ3n) is 5.56. The summed E-state index contributed by atoms with van der Waals surface area (Å²) >= 11 is 0.891. The van der Waals surface area contributed by atoms with Crippen LogP contribution >= 0.6 is 11.3 Å². The van der Waals surface area contributed by atoms with Crippen molar-refractivity contribution in [1.29, 1.82) is 0 Å². The average molecular weight is 451 g/mol. The van der Waals surface area contributed by atoms with Crippen molar-refractivity contribution in [3.63, 3.8) is 0 Å². The second kappa shape index (κ2) is 7.69. The van der Waals surface area contributed by atoms with Gasteiger partial charge < -0.3 is 15.5 Å². The summed E-state index contributed by atoms with van der Waals surface area (Å²) in [5.74, 6) is 0. The second-order valence-corrected chi connectivity index (χ2v) is 11.3. The van der Waals surface area contributed by atoms with Gasteiger partial charge in [-0.1, -0.05) is 6.07 Å². The molecule has 0 aliphatic heterocycles. The molecule has 0 saturated carbocycles. The molecule has 10 heteroatoms. The van der Waals surface area contributed by atoms with Crippen molar-refractivity contribution in [2.75, 3.05) is 5.32 Å². The van der Waals surface area contributed by atoms with Gasteiger partial charge in [-0.05, 0) is 74.6 Å². The van der Waals surface area contributed by atoms with E-state index in [1.165, 1.54) is 25.0 Å². The maximum Gasteiger partial charge on any atom is 0.354 e. The van der Waals surface area contributed by atoms with Crippen molar-refractivity contribution in [1.82, 2.24) is 4.98 Å². The summed E-state index contributed by atoms with van der Waals surface area (Å²) in [5, 5.41) is 28.5. The number of amides is 2. The minimum atomic E-state index is -3.63. The molecular weight excluding hydrogens is 424 g/mol. The molecule has 5 N–H and O–H groups in total. The molecule has 0 fully saturated rings. The predicted molar refractivity (Wildman–Crippen MR) is 116 cm³/mol. The lowest BCUT2D eigenvalue weighted by Gasteiger charge is -2.15. The van der Waals surface area contributed by atoms with Gasteiger partial charge in [-0.2, -0.15) is 0 Å². The maximum absolute atomic E-state index is 13.0. The van der Waals surface area contributed by atoms with E-state index in [0.717, 1.165) is 66.7 Å². The van der Waals surface area contributed by atoms with Crippen LogP contribution < -0.4 is 10.5 Å². The van der Waals surface area contributed by atoms with Gasteiger partial charge in [0.15, 0.2) is 9.92 Å². The fourth-order valence-electron chi connectivity index (χ4n) is 4.30. The zero-order chi connectivity index (χ0) is 21.7. The highest BCUT2D eigenvalue weighted by Crippen LogP contribution is 2.39. The number of aliphatic hydroxyl groups excluding tert-OH is 1. The van der Waals surface area contributed by atoms with Crippen LogP contribution in [0.15, 0.2) is 14.8 Å². The number of fused-ring (bicyclic) bond motifs is 2. The summed E-state index contributed by atoms with van der Waals surface area (Å²) in [6.45, 7) is 2.62. The normalized spacial score (nSPS) is 17.4. The van der Waals surface area contributed by atoms with Crippen LogP contribution in [0.3, 0.4) is 0 Å². The van der Waals surface area contributed by atoms with Crippen molar-refractivity contribution in [3.05, 3.63) is 38.9 Å². The van der Waals surface area contributed by atoms with Crippen molar-refractivity contribution < 1.29 is 19.2 Å². The zero-order valence-electron chi connectivity index (χ0n) is 17.0. The van der Waals surface area contributed by atoms with Crippen molar-refractivity contribution in [3.8, 4) is 0 Å². The summed E-state index contributed by atoms with van der Waals surface area (Å²) in [5.41, 5.74) is 4.50. The van der Waals surface area contributed by atoms with E-state index >= 15 is 0 Å². The Morgan fingerprint density at radius 3 is 2.37 bits per heavy atom. The molecule has 2 amide bonds. The molecule has 2 aliphatic rings. The van der Waals surface area contributed by atoms with Gasteiger partial charge in [-0.25, -0.2) is 19.1 Å². The summed E-state index contributed by atoms with van der Waals surface area (Å²) in [4.78, 5) is 17.1. The fraction of sp³-hybridized carbons (Fsp3) is 0.500. The molecule has 4 rings (SSSR count). The number of rotatable bonds is 4. The van der Waals surface area contributed by atoms with Crippen molar-refractivity contribution >= 4 is 33.0 Å². The van der Waals surface area contributed by atoms with Gasteiger partial charge in [0.25, 0.3) is 0 Å². The molecule has 30 heavy (non-hydrogen) atoms. The Bertz CT molecular complexity index is 1110. The van der Waals surface area contributed by atoms with E-state index in [0.29, 0.717) is 4.88 Å². The fourth-order valence-corrected chi connectivity index (χ4v) is 6.56. The Kier molecular flexibility index (Phi) is 5.48. The van der Waals surface area contributed by atoms with Crippen LogP contribution in [0.4, 0.5) is 10.5 Å². The number of carbonyl (C=O) groups excluding carboxylic acids is 1. The van der Waals surface area contributed by atoms with Gasteiger partial charge >= 0.3 is 6.03 Å². The van der Waals surface area contributed by atoms with E-state index in [1.807, 2.05) is 0 Å². The SMILES string of the molecule is CC(C)(O)c1sc(S(N)(=O)=NC(=O)Nc2c3c(cc4c2CCC4)CCC3)nc1CO. The maximum atomic E-state index is 13.0. The van der Waals surface area contributed by atoms with Crippen LogP contribution in [0.25, 0.3) is 0 Å². The second-order valence-electron chi connectivity index (χ2n) is 8.30. The number of nitrogens with one attached hydrogen (secondary N) is 1. The monoisotopic (exact) mass is 450 g/mol. The lowest BCUT2D eigenvalue weighted by molar-refractivity contribution is 0.0796. The number of thiazole rings is 1. The summed E-state index contributed by atoms with van der Waals surface area (Å²) < 4.78 is 16.6. The first-order valence-corrected chi connectivity index (χ1v) is 12.4. The number of nitrogens with two attached hydrogens (primary N) is 1. The minimum Gasteiger partial charge on any atom is -0.390 e. The molecule has 0 saturated heterocycles. The van der Waals surface area contributed by atoms with E-state index in [-0.39, 0.29) is 10.0 Å². The summed E-state index contributed by atoms with van der Waals surface area (Å²) in [6, 6.07) is 1.48. The lowest BCUT2D eigenvalue weighted by Crippen LogP contribution is -2.19. The third-order valence-corrected chi connectivity index (χ3v) is 8.76. The molecule has 0 radical (unpaired) electrons. The highest BCUT2D eigenvalue weighted by molar-refractivity contribution is 7.93. The van der Waals surface area contributed by atoms with Gasteiger partial charge in [-0.3, -0.25) is 0 Å². The standard InChI is InChI=1S/C20H26N4O4S2/c1-20(2,27)17-15(10-25)22-19(29-17)30(21,28)24-18(26)23-16-13-7-3-5-11(13)9-12-6-4-8-14(12)16/h9,25,27H,3-8,10H2,1-2H3,(H3,21,23,24,26,28). The van der Waals surface area contributed by atoms with Gasteiger partial charge in [0.2, 0.25) is 4.34 Å². The number of benzene rings is 1. The van der Waals surface area contributed by atoms with Crippen LogP contribution in [0, 0.1) is 0 Å². The van der Waals surface area contributed by atoms with Crippen LogP contribution in [-0.4, -0.2) is 25.4 Å². The molecule has 2 aliphatic carbocycles. The zero-order valence-corrected chi connectivity index (χ0v) is 18.7. The lowest BCUT2D eigenvalue weighted by atomic mass is 9.99. The average Bonchev–Trinajstić information content (AvgIpc) is 3.38. The Labute approximate surface area is 179 Å². The molecular formula is C20H26N4O4S2. The molecule has 0 spiro atoms. The topological polar surface area (TPSA) is 138 Å². The van der Waals surface area contributed by atoms with Gasteiger partial charge in [0, 0.05) is 5.69 Å². The quantitative estimate of drug-likeness (QED) is 0.567. The number of urea groups is 1. The Balaban J connectivity index is 1.68. The first-order valence-electron chi connectivity index (χ1n) is 9.96. The summed E-state index contributed by atoms with van der Waals surface area (Å²) in [6.07, 6.45) is 5.90. The highest BCUT2D eigenvalue weighted by Gasteiger charge is 2.28. The van der Waals surface area contributed by atoms with Gasteiger partial charge in [0.1, 0.15) is 0 Å². The van der Waals surface area contributed by atoms with E-state index in [2.05, 4.69) is 20.7 Å². The number of hydrogen-bond donors (Lipinski definition) is 4. The predicted octanol–water partition coefficient (Wildman–Crippen LogP) is 2.77. The molecule has 1 aromatic heterocycles. The van der Waals surface area contributed by atoms with Gasteiger partial charge in [0.05, 0.1) is 22.8 Å². The van der Waals surface area contributed by atoms with Gasteiger partial charge in [-0.15, -0.1) is 15.7 Å². The minimum absolute atomic E-state index is 0.0951. The third kappa shape index (κ3) is 3.90. The number of anilines is 1. The Hall–Kier alpha value is -1.85. The van der Waals surface area contributed by atoms with Crippen molar-refractivity contribution in [2.24, 2.45) is 9.50 Å². The smallest absolute Gasteiger partial charge is 0.354 e. The molecule has 1 atom stereocenters. The number of hydrogen-bond acceptors (Lipinski definition) is 6. The number of aromatic nitrogens is 1. The van der Waals surface area contributed by atoms with E-state index in [9.17, 15) is 19.2 Å². The van der Waals surface area contributed by atoms with E-state index in [1.54, 1.807) is 0 Å².